The van der Waals surface area contributed by atoms with Crippen LogP contribution in [-0.2, 0) is 7.05 Å². The van der Waals surface area contributed by atoms with Gasteiger partial charge in [-0.1, -0.05) is 17.7 Å². The molecule has 2 aromatic rings. The third-order valence-electron chi connectivity index (χ3n) is 2.50. The van der Waals surface area contributed by atoms with E-state index in [2.05, 4.69) is 16.5 Å². The molecule has 1 aromatic carbocycles. The highest BCUT2D eigenvalue weighted by Crippen LogP contribution is 2.25. The highest BCUT2D eigenvalue weighted by atomic mass is 35.5. The van der Waals surface area contributed by atoms with Crippen LogP contribution in [0.3, 0.4) is 0 Å². The van der Waals surface area contributed by atoms with E-state index in [0.29, 0.717) is 22.1 Å². The van der Waals surface area contributed by atoms with Crippen molar-refractivity contribution in [3.05, 3.63) is 40.5 Å². The first-order valence-electron chi connectivity index (χ1n) is 5.08. The Bertz CT molecular complexity index is 576. The molecule has 17 heavy (non-hydrogen) atoms. The molecule has 0 bridgehead atoms. The van der Waals surface area contributed by atoms with Crippen molar-refractivity contribution in [3.8, 4) is 6.07 Å². The van der Waals surface area contributed by atoms with Gasteiger partial charge in [-0.05, 0) is 19.1 Å². The molecule has 0 unspecified atom stereocenters. The predicted molar refractivity (Wildman–Crippen MR) is 67.4 cm³/mol. The average Bonchev–Trinajstić information content (AvgIpc) is 2.58. The number of halogens is 1. The van der Waals surface area contributed by atoms with Gasteiger partial charge in [0.05, 0.1) is 16.3 Å². The molecule has 4 nitrogen and oxygen atoms in total. The molecule has 1 aromatic heterocycles. The molecule has 0 fully saturated rings. The Kier molecular flexibility index (Phi) is 3.03. The maximum Gasteiger partial charge on any atom is 0.152 e. The highest BCUT2D eigenvalue weighted by Gasteiger charge is 2.08. The van der Waals surface area contributed by atoms with Crippen molar-refractivity contribution in [2.24, 2.45) is 7.05 Å². The van der Waals surface area contributed by atoms with E-state index < -0.39 is 0 Å². The average molecular weight is 247 g/mol. The second kappa shape index (κ2) is 4.48. The summed E-state index contributed by atoms with van der Waals surface area (Å²) in [4.78, 5) is 0. The van der Waals surface area contributed by atoms with Gasteiger partial charge in [0.1, 0.15) is 6.07 Å². The summed E-state index contributed by atoms with van der Waals surface area (Å²) in [5, 5.41) is 16.8. The SMILES string of the molecule is Cc1cc(Nc2cccc(Cl)c2C#N)nn1C. The predicted octanol–water partition coefficient (Wildman–Crippen LogP) is 3.00. The first-order chi connectivity index (χ1) is 8.11. The summed E-state index contributed by atoms with van der Waals surface area (Å²) in [5.74, 6) is 0.698. The number of anilines is 2. The molecule has 1 N–H and O–H groups in total. The summed E-state index contributed by atoms with van der Waals surface area (Å²) in [6.45, 7) is 1.96. The van der Waals surface area contributed by atoms with Gasteiger partial charge >= 0.3 is 0 Å². The molecular formula is C12H11ClN4. The van der Waals surface area contributed by atoms with Gasteiger partial charge in [0.2, 0.25) is 0 Å². The van der Waals surface area contributed by atoms with Crippen molar-refractivity contribution in [1.29, 1.82) is 5.26 Å². The van der Waals surface area contributed by atoms with Crippen LogP contribution in [0, 0.1) is 18.3 Å². The van der Waals surface area contributed by atoms with Crippen molar-refractivity contribution in [2.45, 2.75) is 6.92 Å². The van der Waals surface area contributed by atoms with E-state index >= 15 is 0 Å². The normalized spacial score (nSPS) is 10.0. The number of hydrogen-bond acceptors (Lipinski definition) is 3. The Morgan fingerprint density at radius 3 is 2.82 bits per heavy atom. The van der Waals surface area contributed by atoms with Gasteiger partial charge in [-0.25, -0.2) is 0 Å². The number of aromatic nitrogens is 2. The zero-order chi connectivity index (χ0) is 12.4. The van der Waals surface area contributed by atoms with E-state index in [1.165, 1.54) is 0 Å². The third kappa shape index (κ3) is 2.24. The van der Waals surface area contributed by atoms with E-state index in [4.69, 9.17) is 16.9 Å². The molecule has 5 heteroatoms. The number of hydrogen-bond donors (Lipinski definition) is 1. The molecular weight excluding hydrogens is 236 g/mol. The van der Waals surface area contributed by atoms with Crippen LogP contribution in [-0.4, -0.2) is 9.78 Å². The van der Waals surface area contributed by atoms with Crippen LogP contribution >= 0.6 is 11.6 Å². The van der Waals surface area contributed by atoms with Crippen molar-refractivity contribution < 1.29 is 0 Å². The number of rotatable bonds is 2. The minimum Gasteiger partial charge on any atom is -0.338 e. The Labute approximate surface area is 104 Å². The van der Waals surface area contributed by atoms with Crippen molar-refractivity contribution >= 4 is 23.1 Å². The number of nitrogens with one attached hydrogen (secondary N) is 1. The van der Waals surface area contributed by atoms with E-state index in [1.54, 1.807) is 22.9 Å². The van der Waals surface area contributed by atoms with Gasteiger partial charge in [0, 0.05) is 18.8 Å². The maximum atomic E-state index is 9.04. The lowest BCUT2D eigenvalue weighted by atomic mass is 10.2. The molecule has 0 aliphatic rings. The quantitative estimate of drug-likeness (QED) is 0.886. The van der Waals surface area contributed by atoms with Crippen LogP contribution in [0.25, 0.3) is 0 Å². The summed E-state index contributed by atoms with van der Waals surface area (Å²) < 4.78 is 1.76. The fourth-order valence-electron chi connectivity index (χ4n) is 1.50. The topological polar surface area (TPSA) is 53.6 Å². The molecule has 0 radical (unpaired) electrons. The zero-order valence-electron chi connectivity index (χ0n) is 9.53. The first-order valence-corrected chi connectivity index (χ1v) is 5.46. The molecule has 86 valence electrons. The summed E-state index contributed by atoms with van der Waals surface area (Å²) in [7, 11) is 1.86. The highest BCUT2D eigenvalue weighted by molar-refractivity contribution is 6.32. The monoisotopic (exact) mass is 246 g/mol. The second-order valence-electron chi connectivity index (χ2n) is 3.69. The van der Waals surface area contributed by atoms with Crippen molar-refractivity contribution in [3.63, 3.8) is 0 Å². The maximum absolute atomic E-state index is 9.04. The minimum absolute atomic E-state index is 0.428. The van der Waals surface area contributed by atoms with Crippen LogP contribution < -0.4 is 5.32 Å². The Hall–Kier alpha value is -1.99. The van der Waals surface area contributed by atoms with Crippen LogP contribution in [0.1, 0.15) is 11.3 Å². The number of nitrogens with zero attached hydrogens (tertiary/aromatic N) is 3. The summed E-state index contributed by atoms with van der Waals surface area (Å²) >= 11 is 5.94. The fraction of sp³-hybridized carbons (Fsp3) is 0.167. The molecule has 0 aliphatic heterocycles. The van der Waals surface area contributed by atoms with Gasteiger partial charge in [0.25, 0.3) is 0 Å². The van der Waals surface area contributed by atoms with E-state index in [0.717, 1.165) is 5.69 Å². The number of benzene rings is 1. The van der Waals surface area contributed by atoms with Gasteiger partial charge in [-0.15, -0.1) is 0 Å². The number of aryl methyl sites for hydroxylation is 2. The van der Waals surface area contributed by atoms with Gasteiger partial charge in [0.15, 0.2) is 5.82 Å². The van der Waals surface area contributed by atoms with Crippen LogP contribution in [0.5, 0.6) is 0 Å². The van der Waals surface area contributed by atoms with E-state index in [1.807, 2.05) is 20.0 Å². The lowest BCUT2D eigenvalue weighted by Gasteiger charge is -2.05. The fourth-order valence-corrected chi connectivity index (χ4v) is 1.72. The van der Waals surface area contributed by atoms with Gasteiger partial charge < -0.3 is 5.32 Å². The van der Waals surface area contributed by atoms with E-state index in [9.17, 15) is 0 Å². The second-order valence-corrected chi connectivity index (χ2v) is 4.10. The Balaban J connectivity index is 2.37. The lowest BCUT2D eigenvalue weighted by molar-refractivity contribution is 0.743. The summed E-state index contributed by atoms with van der Waals surface area (Å²) in [5.41, 5.74) is 2.13. The Morgan fingerprint density at radius 1 is 1.47 bits per heavy atom. The number of nitriles is 1. The lowest BCUT2D eigenvalue weighted by Crippen LogP contribution is -1.97. The molecule has 0 atom stereocenters. The van der Waals surface area contributed by atoms with Crippen LogP contribution in [0.4, 0.5) is 11.5 Å². The van der Waals surface area contributed by atoms with Gasteiger partial charge in [-0.2, -0.15) is 10.4 Å². The largest absolute Gasteiger partial charge is 0.338 e. The third-order valence-corrected chi connectivity index (χ3v) is 2.82. The molecule has 0 saturated carbocycles. The van der Waals surface area contributed by atoms with Gasteiger partial charge in [-0.3, -0.25) is 4.68 Å². The molecule has 0 aliphatic carbocycles. The standard InChI is InChI=1S/C12H11ClN4/c1-8-6-12(16-17(8)2)15-11-5-3-4-10(13)9(11)7-14/h3-6H,1-2H3,(H,15,16). The minimum atomic E-state index is 0.428. The summed E-state index contributed by atoms with van der Waals surface area (Å²) in [6.07, 6.45) is 0. The first kappa shape index (κ1) is 11.5. The van der Waals surface area contributed by atoms with Crippen molar-refractivity contribution in [1.82, 2.24) is 9.78 Å². The zero-order valence-corrected chi connectivity index (χ0v) is 10.3. The molecule has 2 rings (SSSR count). The molecule has 0 saturated heterocycles. The molecule has 0 amide bonds. The molecule has 0 spiro atoms. The molecule has 1 heterocycles. The van der Waals surface area contributed by atoms with Crippen LogP contribution in [0.2, 0.25) is 5.02 Å². The Morgan fingerprint density at radius 2 is 2.24 bits per heavy atom. The van der Waals surface area contributed by atoms with Crippen LogP contribution in [0.15, 0.2) is 24.3 Å². The van der Waals surface area contributed by atoms with E-state index in [-0.39, 0.29) is 0 Å². The summed E-state index contributed by atoms with van der Waals surface area (Å²) in [6, 6.07) is 9.26. The smallest absolute Gasteiger partial charge is 0.152 e. The van der Waals surface area contributed by atoms with Crippen molar-refractivity contribution in [2.75, 3.05) is 5.32 Å².